The van der Waals surface area contributed by atoms with E-state index in [0.29, 0.717) is 25.7 Å². The molecule has 0 aromatic heterocycles. The van der Waals surface area contributed by atoms with Gasteiger partial charge in [-0.2, -0.15) is 39.5 Å². The smallest absolute Gasteiger partial charge is 0.366 e. The molecule has 0 spiro atoms. The van der Waals surface area contributed by atoms with E-state index in [9.17, 15) is 39.5 Å². The summed E-state index contributed by atoms with van der Waals surface area (Å²) in [4.78, 5) is 2.39. The van der Waals surface area contributed by atoms with Crippen LogP contribution in [0.1, 0.15) is 32.1 Å². The van der Waals surface area contributed by atoms with Crippen LogP contribution in [0.15, 0.2) is 0 Å². The molecule has 20 heteroatoms. The van der Waals surface area contributed by atoms with Gasteiger partial charge < -0.3 is 19.3 Å². The minimum absolute atomic E-state index is 0.110. The summed E-state index contributed by atoms with van der Waals surface area (Å²) in [6.45, 7) is -1.51. The molecular formula is C25H40F9N9O2. The van der Waals surface area contributed by atoms with E-state index < -0.39 is 73.9 Å². The molecule has 4 saturated heterocycles. The molecule has 1 aliphatic carbocycles. The summed E-state index contributed by atoms with van der Waals surface area (Å²) in [5, 5.41) is 21.5. The molecule has 45 heavy (non-hydrogen) atoms. The number of nitrogens with zero attached hydrogens (tertiary/aromatic N) is 3. The maximum Gasteiger partial charge on any atom is 0.406 e. The molecule has 5 rings (SSSR count). The molecule has 0 amide bonds. The van der Waals surface area contributed by atoms with E-state index in [2.05, 4.69) is 26.7 Å². The van der Waals surface area contributed by atoms with E-state index in [1.807, 2.05) is 0 Å². The monoisotopic (exact) mass is 669 g/mol. The van der Waals surface area contributed by atoms with Gasteiger partial charge in [0.1, 0.15) is 37.3 Å². The summed E-state index contributed by atoms with van der Waals surface area (Å²) in [7, 11) is 2.61. The number of halogens is 9. The zero-order chi connectivity index (χ0) is 32.9. The molecule has 8 atom stereocenters. The van der Waals surface area contributed by atoms with Crippen LogP contribution in [0.25, 0.3) is 0 Å². The number of rotatable bonds is 7. The Morgan fingerprint density at radius 2 is 1.56 bits per heavy atom. The zero-order valence-electron chi connectivity index (χ0n) is 24.7. The second-order valence-corrected chi connectivity index (χ2v) is 12.4. The maximum atomic E-state index is 14.0. The number of guanidine groups is 1. The lowest BCUT2D eigenvalue weighted by atomic mass is 9.85. The SMILES string of the molecule is COC1NCNC(C(F)(F)F)C1C1NCC2C(N1)N(CC1CCC(N3NC(C(F)(F)F)CC3OC)CC1)C(=N)N2CC(F)(F)F. The number of hydrogen-bond donors (Lipinski definition) is 6. The van der Waals surface area contributed by atoms with Gasteiger partial charge in [0.05, 0.1) is 18.1 Å². The Balaban J connectivity index is 1.29. The lowest BCUT2D eigenvalue weighted by Gasteiger charge is -2.48. The van der Waals surface area contributed by atoms with Crippen LogP contribution in [0.3, 0.4) is 0 Å². The van der Waals surface area contributed by atoms with Crippen LogP contribution < -0.4 is 26.7 Å². The number of hydrazine groups is 1. The van der Waals surface area contributed by atoms with Crippen LogP contribution in [0.5, 0.6) is 0 Å². The largest absolute Gasteiger partial charge is 0.406 e. The van der Waals surface area contributed by atoms with Crippen LogP contribution in [0, 0.1) is 17.2 Å². The minimum Gasteiger partial charge on any atom is -0.366 e. The van der Waals surface area contributed by atoms with Crippen molar-refractivity contribution < 1.29 is 49.0 Å². The molecule has 0 bridgehead atoms. The molecule has 260 valence electrons. The van der Waals surface area contributed by atoms with Crippen molar-refractivity contribution in [3.8, 4) is 0 Å². The van der Waals surface area contributed by atoms with E-state index in [-0.39, 0.29) is 44.1 Å². The summed E-state index contributed by atoms with van der Waals surface area (Å²) in [5.74, 6) is -1.74. The van der Waals surface area contributed by atoms with Crippen molar-refractivity contribution in [1.29, 1.82) is 5.41 Å². The maximum absolute atomic E-state index is 14.0. The molecule has 5 fully saturated rings. The predicted molar refractivity (Wildman–Crippen MR) is 141 cm³/mol. The lowest BCUT2D eigenvalue weighted by molar-refractivity contribution is -0.197. The van der Waals surface area contributed by atoms with Gasteiger partial charge in [-0.15, -0.1) is 0 Å². The van der Waals surface area contributed by atoms with Gasteiger partial charge in [0.2, 0.25) is 0 Å². The van der Waals surface area contributed by atoms with Gasteiger partial charge in [0.15, 0.2) is 5.96 Å². The molecule has 6 N–H and O–H groups in total. The number of nitrogens with one attached hydrogen (secondary N) is 6. The summed E-state index contributed by atoms with van der Waals surface area (Å²) in [6.07, 6.45) is -15.7. The molecular weight excluding hydrogens is 629 g/mol. The molecule has 11 nitrogen and oxygen atoms in total. The third-order valence-corrected chi connectivity index (χ3v) is 9.63. The van der Waals surface area contributed by atoms with E-state index in [0.717, 1.165) is 4.90 Å². The molecule has 4 aliphatic heterocycles. The fourth-order valence-corrected chi connectivity index (χ4v) is 7.51. The van der Waals surface area contributed by atoms with Crippen molar-refractivity contribution in [3.05, 3.63) is 0 Å². The standard InChI is InChI=1S/C25H40F9N9O2/c1-44-16-7-15(24(29,30)31)40-43(16)13-5-3-12(4-6-13)9-41-20-14(42(22(41)35)10-23(26,27)28)8-36-19(39-20)17-18(25(32,33)34)37-11-38-21(17)45-2/h12-21,35-40H,3-11H2,1-2H3. The summed E-state index contributed by atoms with van der Waals surface area (Å²) < 4.78 is 134. The Hall–Kier alpha value is -1.68. The van der Waals surface area contributed by atoms with E-state index in [1.54, 1.807) is 0 Å². The third-order valence-electron chi connectivity index (χ3n) is 9.63. The number of methoxy groups -OCH3 is 2. The Kier molecular flexibility index (Phi) is 10.1. The normalized spacial score (nSPS) is 39.0. The summed E-state index contributed by atoms with van der Waals surface area (Å²) in [5.41, 5.74) is 2.53. The minimum atomic E-state index is -4.64. The predicted octanol–water partition coefficient (Wildman–Crippen LogP) is 1.66. The fourth-order valence-electron chi connectivity index (χ4n) is 7.51. The fraction of sp³-hybridized carbons (Fsp3) is 0.960. The van der Waals surface area contributed by atoms with E-state index in [4.69, 9.17) is 14.9 Å². The van der Waals surface area contributed by atoms with Crippen molar-refractivity contribution in [3.63, 3.8) is 0 Å². The molecule has 5 aliphatic rings. The van der Waals surface area contributed by atoms with Gasteiger partial charge in [-0.1, -0.05) is 0 Å². The number of alkyl halides is 9. The molecule has 8 unspecified atom stereocenters. The summed E-state index contributed by atoms with van der Waals surface area (Å²) in [6, 6.07) is -4.86. The molecule has 0 aromatic rings. The average molecular weight is 670 g/mol. The molecule has 4 heterocycles. The van der Waals surface area contributed by atoms with Gasteiger partial charge in [-0.3, -0.25) is 26.7 Å². The van der Waals surface area contributed by atoms with Gasteiger partial charge >= 0.3 is 18.5 Å². The van der Waals surface area contributed by atoms with Crippen molar-refractivity contribution in [1.82, 2.24) is 41.5 Å². The van der Waals surface area contributed by atoms with Gasteiger partial charge in [0, 0.05) is 46.4 Å². The second kappa shape index (κ2) is 13.1. The van der Waals surface area contributed by atoms with Crippen LogP contribution in [-0.2, 0) is 9.47 Å². The Bertz CT molecular complexity index is 1030. The highest BCUT2D eigenvalue weighted by Crippen LogP contribution is 2.38. The van der Waals surface area contributed by atoms with E-state index >= 15 is 0 Å². The Morgan fingerprint density at radius 3 is 2.13 bits per heavy atom. The van der Waals surface area contributed by atoms with Gasteiger partial charge in [-0.25, -0.2) is 10.4 Å². The number of ether oxygens (including phenoxy) is 2. The van der Waals surface area contributed by atoms with Crippen LogP contribution in [0.2, 0.25) is 0 Å². The zero-order valence-corrected chi connectivity index (χ0v) is 24.7. The first-order valence-electron chi connectivity index (χ1n) is 14.9. The van der Waals surface area contributed by atoms with Crippen molar-refractivity contribution >= 4 is 5.96 Å². The lowest BCUT2D eigenvalue weighted by Crippen LogP contribution is -2.74. The van der Waals surface area contributed by atoms with Crippen molar-refractivity contribution in [2.75, 3.05) is 40.5 Å². The third kappa shape index (κ3) is 7.42. The first-order valence-corrected chi connectivity index (χ1v) is 14.9. The Morgan fingerprint density at radius 1 is 0.867 bits per heavy atom. The van der Waals surface area contributed by atoms with Gasteiger partial charge in [-0.05, 0) is 31.6 Å². The molecule has 0 aromatic carbocycles. The Labute approximate surface area is 254 Å². The van der Waals surface area contributed by atoms with Crippen LogP contribution >= 0.6 is 0 Å². The van der Waals surface area contributed by atoms with Crippen molar-refractivity contribution in [2.45, 2.75) is 99.6 Å². The van der Waals surface area contributed by atoms with Crippen LogP contribution in [-0.4, -0.2) is 129 Å². The van der Waals surface area contributed by atoms with Crippen molar-refractivity contribution in [2.24, 2.45) is 11.8 Å². The average Bonchev–Trinajstić information content (AvgIpc) is 3.52. The van der Waals surface area contributed by atoms with E-state index in [1.165, 1.54) is 24.1 Å². The molecule has 0 radical (unpaired) electrons. The highest BCUT2D eigenvalue weighted by molar-refractivity contribution is 5.80. The highest BCUT2D eigenvalue weighted by atomic mass is 19.4. The topological polar surface area (TPSA) is 112 Å². The molecule has 1 saturated carbocycles. The van der Waals surface area contributed by atoms with Gasteiger partial charge in [0.25, 0.3) is 0 Å². The van der Waals surface area contributed by atoms with Crippen LogP contribution in [0.4, 0.5) is 39.5 Å². The quantitative estimate of drug-likeness (QED) is 0.224. The number of hydrogen-bond acceptors (Lipinski definition) is 9. The first kappa shape index (κ1) is 34.6. The summed E-state index contributed by atoms with van der Waals surface area (Å²) >= 11 is 0. The second-order valence-electron chi connectivity index (χ2n) is 12.4. The highest BCUT2D eigenvalue weighted by Gasteiger charge is 2.57. The first-order chi connectivity index (χ1) is 21.0. The number of fused-ring (bicyclic) bond motifs is 1.